The van der Waals surface area contributed by atoms with Crippen molar-refractivity contribution in [1.82, 2.24) is 0 Å². The topological polar surface area (TPSA) is 0 Å². The predicted octanol–water partition coefficient (Wildman–Crippen LogP) is 10.0. The summed E-state index contributed by atoms with van der Waals surface area (Å²) in [7, 11) is 0. The Balaban J connectivity index is 0.000000244. The molecule has 170 valence electrons. The van der Waals surface area contributed by atoms with Gasteiger partial charge < -0.3 is 0 Å². The van der Waals surface area contributed by atoms with Crippen molar-refractivity contribution in [1.29, 1.82) is 0 Å². The highest BCUT2D eigenvalue weighted by Gasteiger charge is 1.98. The van der Waals surface area contributed by atoms with Gasteiger partial charge in [-0.05, 0) is 40.6 Å². The molecule has 4 rings (SSSR count). The number of rotatable bonds is 10. The minimum Gasteiger partial charge on any atom is -0.0654 e. The third-order valence-corrected chi connectivity index (χ3v) is 5.57. The first-order valence-corrected chi connectivity index (χ1v) is 12.1. The van der Waals surface area contributed by atoms with E-state index >= 15 is 0 Å². The quantitative estimate of drug-likeness (QED) is 0.216. The van der Waals surface area contributed by atoms with Gasteiger partial charge >= 0.3 is 0 Å². The summed E-state index contributed by atoms with van der Waals surface area (Å²) < 4.78 is 31.1. The maximum atomic E-state index is 8.33. The standard InChI is InChI=1S/C21H28.C12H10/c1-2-3-4-5-6-7-9-12-19-15-17-21(18-16-19)20-13-10-8-11-14-20;1-3-7-11(8-4-1)12-9-5-2-6-10-12/h8,10-11,13-18H,2-7,9,12H2,1H3;1-10H/i1D,12D2;1D. The first kappa shape index (κ1) is 19.4. The zero-order valence-corrected chi connectivity index (χ0v) is 19.5. The first-order valence-electron chi connectivity index (χ1n) is 14.3. The number of aryl methyl sites for hydroxylation is 1. The van der Waals surface area contributed by atoms with E-state index in [-0.39, 0.29) is 0 Å². The average Bonchev–Trinajstić information content (AvgIpc) is 2.94. The predicted molar refractivity (Wildman–Crippen MR) is 145 cm³/mol. The number of hydrogen-bond donors (Lipinski definition) is 0. The van der Waals surface area contributed by atoms with Gasteiger partial charge in [-0.25, -0.2) is 0 Å². The van der Waals surface area contributed by atoms with Crippen molar-refractivity contribution in [3.63, 3.8) is 0 Å². The molecule has 33 heavy (non-hydrogen) atoms. The Kier molecular flexibility index (Phi) is 8.71. The molecule has 0 nitrogen and oxygen atoms in total. The fourth-order valence-electron chi connectivity index (χ4n) is 3.69. The van der Waals surface area contributed by atoms with Crippen LogP contribution < -0.4 is 0 Å². The van der Waals surface area contributed by atoms with Crippen molar-refractivity contribution in [2.45, 2.75) is 58.2 Å². The summed E-state index contributed by atoms with van der Waals surface area (Å²) in [6, 6.07) is 36.4. The summed E-state index contributed by atoms with van der Waals surface area (Å²) in [5.74, 6) is 0. The summed E-state index contributed by atoms with van der Waals surface area (Å²) in [5, 5.41) is 0. The molecule has 0 aromatic heterocycles. The molecule has 0 heterocycles. The van der Waals surface area contributed by atoms with E-state index in [1.807, 2.05) is 84.9 Å². The van der Waals surface area contributed by atoms with E-state index in [9.17, 15) is 0 Å². The van der Waals surface area contributed by atoms with E-state index < -0.39 is 6.37 Å². The van der Waals surface area contributed by atoms with E-state index in [0.29, 0.717) is 19.4 Å². The Morgan fingerprint density at radius 3 is 1.52 bits per heavy atom. The molecule has 0 N–H and O–H groups in total. The minimum atomic E-state index is -1.25. The van der Waals surface area contributed by atoms with Gasteiger partial charge in [-0.1, -0.05) is 161 Å². The second kappa shape index (κ2) is 14.9. The summed E-state index contributed by atoms with van der Waals surface area (Å²) in [6.45, 7) is 0.529. The van der Waals surface area contributed by atoms with Gasteiger partial charge in [-0.2, -0.15) is 0 Å². The molecule has 0 atom stereocenters. The van der Waals surface area contributed by atoms with E-state index in [2.05, 4.69) is 24.3 Å². The van der Waals surface area contributed by atoms with Crippen molar-refractivity contribution in [3.8, 4) is 22.3 Å². The molecule has 0 aliphatic rings. The number of benzene rings is 4. The minimum absolute atomic E-state index is 0.529. The van der Waals surface area contributed by atoms with Crippen molar-refractivity contribution >= 4 is 0 Å². The van der Waals surface area contributed by atoms with Crippen LogP contribution in [0, 0.1) is 0 Å². The molecule has 4 aromatic rings. The first-order chi connectivity index (χ1) is 18.0. The number of unbranched alkanes of at least 4 members (excludes halogenated alkanes) is 5. The van der Waals surface area contributed by atoms with Crippen molar-refractivity contribution < 1.29 is 5.48 Å². The lowest BCUT2D eigenvalue weighted by Gasteiger charge is -2.05. The second-order valence-electron chi connectivity index (χ2n) is 8.15. The van der Waals surface area contributed by atoms with Gasteiger partial charge in [0.1, 0.15) is 0 Å². The third-order valence-electron chi connectivity index (χ3n) is 5.57. The van der Waals surface area contributed by atoms with E-state index in [1.54, 1.807) is 0 Å². The van der Waals surface area contributed by atoms with Gasteiger partial charge in [0.05, 0.1) is 1.37 Å². The van der Waals surface area contributed by atoms with Crippen molar-refractivity contribution in [3.05, 3.63) is 121 Å². The Labute approximate surface area is 207 Å². The fourth-order valence-corrected chi connectivity index (χ4v) is 3.69. The molecule has 0 radical (unpaired) electrons. The molecule has 0 saturated heterocycles. The van der Waals surface area contributed by atoms with E-state index in [1.165, 1.54) is 12.0 Å². The molecule has 0 fully saturated rings. The van der Waals surface area contributed by atoms with Gasteiger partial charge in [0.15, 0.2) is 0 Å². The molecule has 0 unspecified atom stereocenters. The fraction of sp³-hybridized carbons (Fsp3) is 0.273. The van der Waals surface area contributed by atoms with Crippen LogP contribution in [0.3, 0.4) is 0 Å². The highest BCUT2D eigenvalue weighted by Crippen LogP contribution is 2.20. The van der Waals surface area contributed by atoms with Crippen LogP contribution in [0.5, 0.6) is 0 Å². The summed E-state index contributed by atoms with van der Waals surface area (Å²) in [4.78, 5) is 0. The molecular formula is C33H38. The molecule has 0 bridgehead atoms. The monoisotopic (exact) mass is 438 g/mol. The second-order valence-corrected chi connectivity index (χ2v) is 8.15. The summed E-state index contributed by atoms with van der Waals surface area (Å²) in [6.07, 6.45) is 5.79. The molecule has 0 aliphatic carbocycles. The van der Waals surface area contributed by atoms with Crippen LogP contribution in [-0.2, 0) is 6.37 Å². The van der Waals surface area contributed by atoms with Gasteiger partial charge in [-0.15, -0.1) is 0 Å². The Morgan fingerprint density at radius 1 is 0.515 bits per heavy atom. The third kappa shape index (κ3) is 9.10. The Bertz CT molecular complexity index is 1140. The number of hydrogen-bond acceptors (Lipinski definition) is 0. The van der Waals surface area contributed by atoms with Gasteiger partial charge in [0.25, 0.3) is 0 Å². The summed E-state index contributed by atoms with van der Waals surface area (Å²) in [5.41, 5.74) is 5.43. The maximum Gasteiger partial charge on any atom is 0.0623 e. The molecule has 0 heteroatoms. The molecule has 0 amide bonds. The molecule has 0 spiro atoms. The van der Waals surface area contributed by atoms with Crippen LogP contribution in [0.25, 0.3) is 22.3 Å². The zero-order chi connectivity index (χ0) is 26.3. The van der Waals surface area contributed by atoms with Crippen molar-refractivity contribution in [2.24, 2.45) is 0 Å². The smallest absolute Gasteiger partial charge is 0.0623 e. The average molecular weight is 439 g/mol. The lowest BCUT2D eigenvalue weighted by atomic mass is 10.0. The zero-order valence-electron chi connectivity index (χ0n) is 23.5. The normalized spacial score (nSPS) is 12.5. The molecule has 0 saturated carbocycles. The molecule has 0 aliphatic heterocycles. The lowest BCUT2D eigenvalue weighted by Crippen LogP contribution is -1.87. The van der Waals surface area contributed by atoms with Crippen LogP contribution >= 0.6 is 0 Å². The van der Waals surface area contributed by atoms with Crippen LogP contribution in [0.15, 0.2) is 115 Å². The van der Waals surface area contributed by atoms with E-state index in [4.69, 9.17) is 5.48 Å². The molecule has 4 aromatic carbocycles. The van der Waals surface area contributed by atoms with E-state index in [0.717, 1.165) is 54.4 Å². The summed E-state index contributed by atoms with van der Waals surface area (Å²) >= 11 is 0. The van der Waals surface area contributed by atoms with Gasteiger partial charge in [0, 0.05) is 4.11 Å². The van der Waals surface area contributed by atoms with Gasteiger partial charge in [-0.3, -0.25) is 0 Å². The van der Waals surface area contributed by atoms with Crippen LogP contribution in [-0.4, -0.2) is 0 Å². The largest absolute Gasteiger partial charge is 0.0654 e. The van der Waals surface area contributed by atoms with Crippen molar-refractivity contribution in [2.75, 3.05) is 0 Å². The van der Waals surface area contributed by atoms with Gasteiger partial charge in [0.2, 0.25) is 0 Å². The lowest BCUT2D eigenvalue weighted by molar-refractivity contribution is 0.589. The van der Waals surface area contributed by atoms with Crippen LogP contribution in [0.1, 0.15) is 62.9 Å². The highest BCUT2D eigenvalue weighted by atomic mass is 14.0. The highest BCUT2D eigenvalue weighted by molar-refractivity contribution is 5.63. The van der Waals surface area contributed by atoms with Crippen LogP contribution in [0.4, 0.5) is 0 Å². The Morgan fingerprint density at radius 2 is 0.970 bits per heavy atom. The molecular weight excluding hydrogens is 396 g/mol. The SMILES string of the molecule is [2H]CCCCCCCCC([2H])([2H])c1ccc(-c2ccccc2)cc1.[2H]c1ccc(-c2ccccc2)cc1. The maximum absolute atomic E-state index is 8.33. The Hall–Kier alpha value is -3.12. The van der Waals surface area contributed by atoms with Crippen LogP contribution in [0.2, 0.25) is 0 Å².